The molecule has 1 aliphatic heterocycles. The lowest BCUT2D eigenvalue weighted by Gasteiger charge is -2.42. The molecule has 22 heavy (non-hydrogen) atoms. The van der Waals surface area contributed by atoms with E-state index in [9.17, 15) is 20.1 Å². The number of carbonyl (C=O) groups is 1. The topological polar surface area (TPSA) is 128 Å². The summed E-state index contributed by atoms with van der Waals surface area (Å²) in [5.74, 6) is -0.376. The van der Waals surface area contributed by atoms with E-state index in [2.05, 4.69) is 5.32 Å². The molecule has 1 aliphatic rings. The predicted molar refractivity (Wildman–Crippen MR) is 76.9 cm³/mol. The minimum Gasteiger partial charge on any atom is -0.396 e. The third-order valence-electron chi connectivity index (χ3n) is 3.59. The van der Waals surface area contributed by atoms with Crippen LogP contribution in [-0.2, 0) is 14.3 Å². The molecule has 1 saturated heterocycles. The van der Waals surface area contributed by atoms with Crippen molar-refractivity contribution in [1.29, 1.82) is 0 Å². The van der Waals surface area contributed by atoms with E-state index in [1.807, 2.05) is 0 Å². The summed E-state index contributed by atoms with van der Waals surface area (Å²) in [6.07, 6.45) is -1.22. The molecule has 0 aliphatic carbocycles. The van der Waals surface area contributed by atoms with Gasteiger partial charge in [0.25, 0.3) is 0 Å². The number of amides is 1. The number of ether oxygens (including phenoxy) is 2. The van der Waals surface area contributed by atoms with Crippen molar-refractivity contribution in [1.82, 2.24) is 5.32 Å². The van der Waals surface area contributed by atoms with E-state index >= 15 is 0 Å². The van der Waals surface area contributed by atoms with E-state index in [0.29, 0.717) is 6.61 Å². The van der Waals surface area contributed by atoms with Gasteiger partial charge in [-0.1, -0.05) is 12.8 Å². The maximum atomic E-state index is 11.2. The summed E-state index contributed by atoms with van der Waals surface area (Å²) < 4.78 is 11.0. The van der Waals surface area contributed by atoms with Gasteiger partial charge in [-0.2, -0.15) is 0 Å². The van der Waals surface area contributed by atoms with Gasteiger partial charge in [-0.15, -0.1) is 0 Å². The molecular formula is C14H27NO7. The second-order valence-electron chi connectivity index (χ2n) is 5.44. The Hall–Kier alpha value is -0.770. The molecule has 0 saturated carbocycles. The van der Waals surface area contributed by atoms with Crippen LogP contribution in [0.5, 0.6) is 0 Å². The van der Waals surface area contributed by atoms with Crippen LogP contribution in [0.25, 0.3) is 0 Å². The number of aliphatic hydroxyl groups excluding tert-OH is 4. The second-order valence-corrected chi connectivity index (χ2v) is 5.44. The molecule has 0 bridgehead atoms. The van der Waals surface area contributed by atoms with E-state index in [0.717, 1.165) is 25.7 Å². The lowest BCUT2D eigenvalue weighted by atomic mass is 9.97. The average Bonchev–Trinajstić information content (AvgIpc) is 2.49. The van der Waals surface area contributed by atoms with E-state index in [1.54, 1.807) is 0 Å². The van der Waals surface area contributed by atoms with Crippen molar-refractivity contribution in [3.63, 3.8) is 0 Å². The Labute approximate surface area is 130 Å². The van der Waals surface area contributed by atoms with Gasteiger partial charge in [0.05, 0.1) is 6.61 Å². The largest absolute Gasteiger partial charge is 0.396 e. The van der Waals surface area contributed by atoms with Crippen LogP contribution in [0.1, 0.15) is 32.6 Å². The van der Waals surface area contributed by atoms with Crippen LogP contribution in [-0.4, -0.2) is 76.8 Å². The summed E-state index contributed by atoms with van der Waals surface area (Å²) in [6, 6.07) is -0.896. The molecule has 2 unspecified atom stereocenters. The molecule has 0 aromatic carbocycles. The molecule has 0 spiro atoms. The van der Waals surface area contributed by atoms with Gasteiger partial charge in [0.2, 0.25) is 5.91 Å². The van der Waals surface area contributed by atoms with Gasteiger partial charge in [-0.3, -0.25) is 4.79 Å². The summed E-state index contributed by atoms with van der Waals surface area (Å²) in [4.78, 5) is 11.2. The highest BCUT2D eigenvalue weighted by molar-refractivity contribution is 5.73. The van der Waals surface area contributed by atoms with Crippen LogP contribution in [0.3, 0.4) is 0 Å². The van der Waals surface area contributed by atoms with Crippen molar-refractivity contribution in [2.45, 2.75) is 63.3 Å². The first-order valence-electron chi connectivity index (χ1n) is 7.63. The third-order valence-corrected chi connectivity index (χ3v) is 3.59. The lowest BCUT2D eigenvalue weighted by Crippen LogP contribution is -2.64. The fourth-order valence-electron chi connectivity index (χ4n) is 2.38. The van der Waals surface area contributed by atoms with Crippen LogP contribution >= 0.6 is 0 Å². The molecule has 0 aromatic heterocycles. The van der Waals surface area contributed by atoms with Crippen LogP contribution in [0, 0.1) is 0 Å². The molecule has 0 aromatic rings. The summed E-state index contributed by atoms with van der Waals surface area (Å²) >= 11 is 0. The zero-order valence-electron chi connectivity index (χ0n) is 12.9. The Morgan fingerprint density at radius 2 is 1.82 bits per heavy atom. The number of carbonyl (C=O) groups excluding carboxylic acids is 1. The number of aliphatic hydroxyl groups is 4. The summed E-state index contributed by atoms with van der Waals surface area (Å²) in [7, 11) is 0. The van der Waals surface area contributed by atoms with Crippen molar-refractivity contribution >= 4 is 5.91 Å². The van der Waals surface area contributed by atoms with Crippen LogP contribution < -0.4 is 5.32 Å². The van der Waals surface area contributed by atoms with E-state index < -0.39 is 37.3 Å². The number of rotatable bonds is 9. The second kappa shape index (κ2) is 10.1. The highest BCUT2D eigenvalue weighted by Gasteiger charge is 2.45. The quantitative estimate of drug-likeness (QED) is 0.327. The molecule has 1 heterocycles. The van der Waals surface area contributed by atoms with Gasteiger partial charge in [0, 0.05) is 20.1 Å². The molecule has 130 valence electrons. The SMILES string of the molecule is CC(=O)N[C@H]1C(O)[C@@H](O)C(CO)O[C@H]1OCCCCCCO. The molecule has 5 atom stereocenters. The van der Waals surface area contributed by atoms with Crippen molar-refractivity contribution in [3.8, 4) is 0 Å². The number of hydrogen-bond acceptors (Lipinski definition) is 7. The first-order valence-corrected chi connectivity index (χ1v) is 7.63. The van der Waals surface area contributed by atoms with Crippen molar-refractivity contribution in [2.75, 3.05) is 19.8 Å². The molecule has 1 rings (SSSR count). The zero-order valence-corrected chi connectivity index (χ0v) is 12.9. The Morgan fingerprint density at radius 1 is 1.14 bits per heavy atom. The zero-order chi connectivity index (χ0) is 16.5. The molecule has 1 fully saturated rings. The van der Waals surface area contributed by atoms with Crippen molar-refractivity contribution in [3.05, 3.63) is 0 Å². The molecule has 8 heteroatoms. The number of unbranched alkanes of at least 4 members (excludes halogenated alkanes) is 3. The Kier molecular flexibility index (Phi) is 8.84. The van der Waals surface area contributed by atoms with Gasteiger partial charge in [0.15, 0.2) is 6.29 Å². The van der Waals surface area contributed by atoms with E-state index in [1.165, 1.54) is 6.92 Å². The van der Waals surface area contributed by atoms with Crippen molar-refractivity contribution in [2.24, 2.45) is 0 Å². The molecular weight excluding hydrogens is 294 g/mol. The fraction of sp³-hybridized carbons (Fsp3) is 0.929. The monoisotopic (exact) mass is 321 g/mol. The number of nitrogens with one attached hydrogen (secondary N) is 1. The van der Waals surface area contributed by atoms with Crippen LogP contribution in [0.2, 0.25) is 0 Å². The minimum absolute atomic E-state index is 0.166. The van der Waals surface area contributed by atoms with E-state index in [4.69, 9.17) is 14.6 Å². The van der Waals surface area contributed by atoms with Gasteiger partial charge in [0.1, 0.15) is 24.4 Å². The van der Waals surface area contributed by atoms with Gasteiger partial charge >= 0.3 is 0 Å². The minimum atomic E-state index is -1.30. The number of hydrogen-bond donors (Lipinski definition) is 5. The van der Waals surface area contributed by atoms with Crippen LogP contribution in [0.4, 0.5) is 0 Å². The van der Waals surface area contributed by atoms with Crippen molar-refractivity contribution < 1.29 is 34.7 Å². The maximum absolute atomic E-state index is 11.2. The molecule has 8 nitrogen and oxygen atoms in total. The Balaban J connectivity index is 2.52. The molecule has 0 radical (unpaired) electrons. The van der Waals surface area contributed by atoms with E-state index in [-0.39, 0.29) is 12.5 Å². The highest BCUT2D eigenvalue weighted by Crippen LogP contribution is 2.22. The summed E-state index contributed by atoms with van der Waals surface area (Å²) in [5, 5.41) is 40.3. The van der Waals surface area contributed by atoms with Gasteiger partial charge < -0.3 is 35.2 Å². The Morgan fingerprint density at radius 3 is 2.41 bits per heavy atom. The average molecular weight is 321 g/mol. The normalized spacial score (nSPS) is 32.0. The molecule has 5 N–H and O–H groups in total. The van der Waals surface area contributed by atoms with Gasteiger partial charge in [-0.25, -0.2) is 0 Å². The third kappa shape index (κ3) is 5.79. The predicted octanol–water partition coefficient (Wildman–Crippen LogP) is -1.50. The summed E-state index contributed by atoms with van der Waals surface area (Å²) in [5.41, 5.74) is 0. The van der Waals surface area contributed by atoms with Crippen LogP contribution in [0.15, 0.2) is 0 Å². The lowest BCUT2D eigenvalue weighted by molar-refractivity contribution is -0.270. The maximum Gasteiger partial charge on any atom is 0.217 e. The fourth-order valence-corrected chi connectivity index (χ4v) is 2.38. The first kappa shape index (κ1) is 19.3. The Bertz CT molecular complexity index is 328. The standard InChI is InChI=1S/C14H27NO7/c1-9(18)15-11-13(20)12(19)10(8-17)22-14(11)21-7-5-3-2-4-6-16/h10-14,16-17,19-20H,2-8H2,1H3,(H,15,18)/t10?,11-,12-,13?,14+/m0/s1. The first-order chi connectivity index (χ1) is 10.5. The molecule has 1 amide bonds. The summed E-state index contributed by atoms with van der Waals surface area (Å²) in [6.45, 7) is 1.36. The van der Waals surface area contributed by atoms with Gasteiger partial charge in [-0.05, 0) is 12.8 Å². The smallest absolute Gasteiger partial charge is 0.217 e. The highest BCUT2D eigenvalue weighted by atomic mass is 16.7.